The number of hydrogen-bond donors (Lipinski definition) is 1. The Kier molecular flexibility index (Phi) is 4.74. The lowest BCUT2D eigenvalue weighted by molar-refractivity contribution is -0.0498. The molecule has 0 aliphatic carbocycles. The van der Waals surface area contributed by atoms with Gasteiger partial charge in [-0.15, -0.1) is 15.3 Å². The van der Waals surface area contributed by atoms with Crippen LogP contribution in [0.5, 0.6) is 5.75 Å². The molecule has 9 heteroatoms. The van der Waals surface area contributed by atoms with Crippen molar-refractivity contribution in [2.45, 2.75) is 32.4 Å². The molecule has 1 unspecified atom stereocenters. The number of nitrogens with zero attached hydrogens (tertiary/aromatic N) is 5. The summed E-state index contributed by atoms with van der Waals surface area (Å²) in [5, 5.41) is 16.1. The lowest BCUT2D eigenvalue weighted by Gasteiger charge is -2.35. The fraction of sp³-hybridized carbons (Fsp3) is 0.389. The van der Waals surface area contributed by atoms with Crippen LogP contribution in [-0.4, -0.2) is 45.6 Å². The molecule has 1 N–H and O–H groups in total. The molecule has 142 valence electrons. The third-order valence-electron chi connectivity index (χ3n) is 4.62. The second-order valence-electron chi connectivity index (χ2n) is 6.54. The topological polar surface area (TPSA) is 67.6 Å². The van der Waals surface area contributed by atoms with Gasteiger partial charge >= 0.3 is 6.61 Å². The number of anilines is 2. The standard InChI is InChI=1S/C18H20F2N6O/c1-12-22-23-17-9-8-16(24-26(12)17)21-13-3-2-10-25(11-13)14-4-6-15(7-5-14)27-18(19)20/h4-9,13,18H,2-3,10-11H2,1H3,(H,21,24). The zero-order chi connectivity index (χ0) is 18.8. The maximum Gasteiger partial charge on any atom is 0.387 e. The lowest BCUT2D eigenvalue weighted by Crippen LogP contribution is -2.42. The predicted molar refractivity (Wildman–Crippen MR) is 97.5 cm³/mol. The van der Waals surface area contributed by atoms with Crippen LogP contribution in [0.2, 0.25) is 0 Å². The Morgan fingerprint density at radius 3 is 2.74 bits per heavy atom. The molecule has 3 heterocycles. The molecule has 7 nitrogen and oxygen atoms in total. The maximum atomic E-state index is 12.3. The van der Waals surface area contributed by atoms with Crippen LogP contribution in [0.3, 0.4) is 0 Å². The Morgan fingerprint density at radius 1 is 1.15 bits per heavy atom. The Morgan fingerprint density at radius 2 is 1.96 bits per heavy atom. The Bertz CT molecular complexity index is 914. The highest BCUT2D eigenvalue weighted by Gasteiger charge is 2.21. The predicted octanol–water partition coefficient (Wildman–Crippen LogP) is 3.12. The molecule has 1 aliphatic rings. The second kappa shape index (κ2) is 7.34. The van der Waals surface area contributed by atoms with Gasteiger partial charge < -0.3 is 15.0 Å². The fourth-order valence-corrected chi connectivity index (χ4v) is 3.35. The van der Waals surface area contributed by atoms with Crippen molar-refractivity contribution in [3.63, 3.8) is 0 Å². The van der Waals surface area contributed by atoms with Gasteiger partial charge in [-0.2, -0.15) is 13.3 Å². The molecule has 1 fully saturated rings. The number of hydrogen-bond acceptors (Lipinski definition) is 6. The van der Waals surface area contributed by atoms with Crippen molar-refractivity contribution >= 4 is 17.2 Å². The molecule has 1 atom stereocenters. The van der Waals surface area contributed by atoms with Gasteiger partial charge in [0.25, 0.3) is 0 Å². The number of benzene rings is 1. The van der Waals surface area contributed by atoms with Crippen molar-refractivity contribution in [1.82, 2.24) is 19.8 Å². The molecular formula is C18H20F2N6O. The third kappa shape index (κ3) is 3.91. The van der Waals surface area contributed by atoms with E-state index in [2.05, 4.69) is 30.2 Å². The zero-order valence-corrected chi connectivity index (χ0v) is 14.8. The molecular weight excluding hydrogens is 354 g/mol. The second-order valence-corrected chi connectivity index (χ2v) is 6.54. The SMILES string of the molecule is Cc1nnc2ccc(NC3CCCN(c4ccc(OC(F)F)cc4)C3)nn12. The highest BCUT2D eigenvalue weighted by Crippen LogP contribution is 2.24. The molecule has 1 aliphatic heterocycles. The average molecular weight is 374 g/mol. The third-order valence-corrected chi connectivity index (χ3v) is 4.62. The average Bonchev–Trinajstić information content (AvgIpc) is 3.03. The number of piperidine rings is 1. The first-order valence-electron chi connectivity index (χ1n) is 8.84. The van der Waals surface area contributed by atoms with Gasteiger partial charge in [-0.05, 0) is 56.2 Å². The van der Waals surface area contributed by atoms with Gasteiger partial charge in [0.1, 0.15) is 11.6 Å². The van der Waals surface area contributed by atoms with Crippen LogP contribution < -0.4 is 15.0 Å². The number of alkyl halides is 2. The maximum absolute atomic E-state index is 12.3. The number of rotatable bonds is 5. The van der Waals surface area contributed by atoms with Crippen molar-refractivity contribution in [3.05, 3.63) is 42.2 Å². The molecule has 1 saturated heterocycles. The number of aryl methyl sites for hydroxylation is 1. The fourth-order valence-electron chi connectivity index (χ4n) is 3.35. The highest BCUT2D eigenvalue weighted by molar-refractivity contribution is 5.50. The molecule has 27 heavy (non-hydrogen) atoms. The summed E-state index contributed by atoms with van der Waals surface area (Å²) in [6.45, 7) is 0.777. The lowest BCUT2D eigenvalue weighted by atomic mass is 10.0. The van der Waals surface area contributed by atoms with E-state index in [0.717, 1.165) is 48.9 Å². The normalized spacial score (nSPS) is 17.5. The molecule has 0 bridgehead atoms. The minimum atomic E-state index is -2.81. The van der Waals surface area contributed by atoms with E-state index in [1.54, 1.807) is 16.6 Å². The number of fused-ring (bicyclic) bond motifs is 1. The van der Waals surface area contributed by atoms with Crippen LogP contribution in [0.4, 0.5) is 20.3 Å². The Labute approximate surface area is 155 Å². The minimum Gasteiger partial charge on any atom is -0.435 e. The monoisotopic (exact) mass is 374 g/mol. The van der Waals surface area contributed by atoms with Gasteiger partial charge in [-0.25, -0.2) is 0 Å². The van der Waals surface area contributed by atoms with Crippen molar-refractivity contribution < 1.29 is 13.5 Å². The van der Waals surface area contributed by atoms with Crippen molar-refractivity contribution in [3.8, 4) is 5.75 Å². The first kappa shape index (κ1) is 17.4. The van der Waals surface area contributed by atoms with E-state index in [4.69, 9.17) is 0 Å². The molecule has 0 radical (unpaired) electrons. The van der Waals surface area contributed by atoms with E-state index < -0.39 is 6.61 Å². The summed E-state index contributed by atoms with van der Waals surface area (Å²) in [5.74, 6) is 1.69. The number of nitrogens with one attached hydrogen (secondary N) is 1. The van der Waals surface area contributed by atoms with Crippen molar-refractivity contribution in [2.24, 2.45) is 0 Å². The molecule has 4 rings (SSSR count). The quantitative estimate of drug-likeness (QED) is 0.740. The summed E-state index contributed by atoms with van der Waals surface area (Å²) in [6.07, 6.45) is 2.06. The summed E-state index contributed by atoms with van der Waals surface area (Å²) in [5.41, 5.74) is 1.70. The highest BCUT2D eigenvalue weighted by atomic mass is 19.3. The summed E-state index contributed by atoms with van der Waals surface area (Å²) in [4.78, 5) is 2.23. The van der Waals surface area contributed by atoms with Crippen LogP contribution in [0, 0.1) is 6.92 Å². The summed E-state index contributed by atoms with van der Waals surface area (Å²) in [6, 6.07) is 10.8. The van der Waals surface area contributed by atoms with Gasteiger partial charge in [-0.1, -0.05) is 0 Å². The van der Waals surface area contributed by atoms with Gasteiger partial charge in [0.15, 0.2) is 11.5 Å². The van der Waals surface area contributed by atoms with Crippen LogP contribution in [0.25, 0.3) is 5.65 Å². The van der Waals surface area contributed by atoms with Crippen LogP contribution in [0.1, 0.15) is 18.7 Å². The van der Waals surface area contributed by atoms with E-state index >= 15 is 0 Å². The van der Waals surface area contributed by atoms with E-state index in [1.807, 2.05) is 31.2 Å². The first-order valence-corrected chi connectivity index (χ1v) is 8.84. The minimum absolute atomic E-state index is 0.169. The summed E-state index contributed by atoms with van der Waals surface area (Å²) >= 11 is 0. The van der Waals surface area contributed by atoms with E-state index in [9.17, 15) is 8.78 Å². The number of halogens is 2. The van der Waals surface area contributed by atoms with Gasteiger partial charge in [0.2, 0.25) is 0 Å². The smallest absolute Gasteiger partial charge is 0.387 e. The van der Waals surface area contributed by atoms with Gasteiger partial charge in [-0.3, -0.25) is 0 Å². The summed E-state index contributed by atoms with van der Waals surface area (Å²) in [7, 11) is 0. The molecule has 2 aromatic heterocycles. The van der Waals surface area contributed by atoms with Gasteiger partial charge in [0, 0.05) is 24.8 Å². The molecule has 1 aromatic carbocycles. The molecule has 0 spiro atoms. The van der Waals surface area contributed by atoms with Crippen LogP contribution in [0.15, 0.2) is 36.4 Å². The zero-order valence-electron chi connectivity index (χ0n) is 14.8. The number of ether oxygens (including phenoxy) is 1. The van der Waals surface area contributed by atoms with E-state index in [1.165, 1.54) is 0 Å². The summed E-state index contributed by atoms with van der Waals surface area (Å²) < 4.78 is 30.7. The number of aromatic nitrogens is 4. The van der Waals surface area contributed by atoms with Crippen molar-refractivity contribution in [2.75, 3.05) is 23.3 Å². The Hall–Kier alpha value is -2.97. The van der Waals surface area contributed by atoms with Crippen LogP contribution >= 0.6 is 0 Å². The molecule has 0 saturated carbocycles. The Balaban J connectivity index is 1.43. The molecule has 0 amide bonds. The molecule has 3 aromatic rings. The van der Waals surface area contributed by atoms with E-state index in [-0.39, 0.29) is 11.8 Å². The van der Waals surface area contributed by atoms with E-state index in [0.29, 0.717) is 0 Å². The largest absolute Gasteiger partial charge is 0.435 e. The van der Waals surface area contributed by atoms with Crippen molar-refractivity contribution in [1.29, 1.82) is 0 Å². The van der Waals surface area contributed by atoms with Crippen LogP contribution in [-0.2, 0) is 0 Å². The first-order chi connectivity index (χ1) is 13.1. The van der Waals surface area contributed by atoms with Gasteiger partial charge in [0.05, 0.1) is 0 Å².